The summed E-state index contributed by atoms with van der Waals surface area (Å²) in [5.41, 5.74) is 0.0296. The second-order valence-corrected chi connectivity index (χ2v) is 6.73. The van der Waals surface area contributed by atoms with Crippen LogP contribution in [0.5, 0.6) is 5.88 Å². The third kappa shape index (κ3) is 4.12. The molecule has 1 atom stereocenters. The highest BCUT2D eigenvalue weighted by Gasteiger charge is 2.31. The van der Waals surface area contributed by atoms with Crippen LogP contribution in [0.25, 0.3) is 0 Å². The van der Waals surface area contributed by atoms with Crippen molar-refractivity contribution >= 4 is 21.9 Å². The number of aliphatic hydroxyl groups excluding tert-OH is 1. The van der Waals surface area contributed by atoms with Gasteiger partial charge >= 0.3 is 0 Å². The van der Waals surface area contributed by atoms with Gasteiger partial charge in [-0.05, 0) is 19.1 Å². The monoisotopic (exact) mass is 384 g/mol. The number of aromatic nitrogens is 2. The van der Waals surface area contributed by atoms with E-state index in [4.69, 9.17) is 9.88 Å². The number of primary sulfonamides is 1. The molecule has 9 nitrogen and oxygen atoms in total. The molecule has 0 saturated heterocycles. The van der Waals surface area contributed by atoms with Gasteiger partial charge < -0.3 is 9.84 Å². The second-order valence-electron chi connectivity index (χ2n) is 5.20. The second kappa shape index (κ2) is 7.72. The van der Waals surface area contributed by atoms with Gasteiger partial charge in [0.25, 0.3) is 5.91 Å². The fraction of sp³-hybridized carbons (Fsp3) is 0.267. The summed E-state index contributed by atoms with van der Waals surface area (Å²) in [5.74, 6) is -1.30. The fourth-order valence-corrected chi connectivity index (χ4v) is 2.92. The summed E-state index contributed by atoms with van der Waals surface area (Å²) in [4.78, 5) is 20.9. The van der Waals surface area contributed by atoms with Crippen molar-refractivity contribution in [3.05, 3.63) is 41.6 Å². The summed E-state index contributed by atoms with van der Waals surface area (Å²) in [7, 11) is -2.90. The standard InChI is InChI=1S/C15H17FN4O5S/c1-9-7-12(25-2)19-15(18-9)20(13(21)8-16)14(22)10-5-3-4-6-11(10)26(17,23)24/h3-7,13,21H,8H2,1-2H3,(H2,17,23,24). The zero-order valence-corrected chi connectivity index (χ0v) is 14.8. The van der Waals surface area contributed by atoms with Crippen molar-refractivity contribution in [3.63, 3.8) is 0 Å². The van der Waals surface area contributed by atoms with Crippen LogP contribution in [0.15, 0.2) is 35.2 Å². The average Bonchev–Trinajstić information content (AvgIpc) is 2.60. The van der Waals surface area contributed by atoms with Crippen molar-refractivity contribution in [2.45, 2.75) is 18.0 Å². The SMILES string of the molecule is COc1cc(C)nc(N(C(=O)c2ccccc2S(N)(=O)=O)C(O)CF)n1. The molecule has 0 aliphatic carbocycles. The Bertz CT molecular complexity index is 922. The Hall–Kier alpha value is -2.63. The number of aliphatic hydroxyl groups is 1. The predicted molar refractivity (Wildman–Crippen MR) is 89.9 cm³/mol. The van der Waals surface area contributed by atoms with Crippen molar-refractivity contribution in [1.29, 1.82) is 0 Å². The van der Waals surface area contributed by atoms with Gasteiger partial charge in [-0.1, -0.05) is 12.1 Å². The summed E-state index contributed by atoms with van der Waals surface area (Å²) in [6.45, 7) is 0.249. The number of anilines is 1. The van der Waals surface area contributed by atoms with Crippen molar-refractivity contribution in [1.82, 2.24) is 9.97 Å². The zero-order chi connectivity index (χ0) is 19.5. The normalized spacial score (nSPS) is 12.5. The van der Waals surface area contributed by atoms with E-state index in [1.54, 1.807) is 6.92 Å². The van der Waals surface area contributed by atoms with Crippen LogP contribution in [0.2, 0.25) is 0 Å². The third-order valence-corrected chi connectivity index (χ3v) is 4.29. The molecule has 1 aromatic carbocycles. The molecule has 3 N–H and O–H groups in total. The summed E-state index contributed by atoms with van der Waals surface area (Å²) in [6, 6.07) is 6.55. The van der Waals surface area contributed by atoms with Gasteiger partial charge in [-0.15, -0.1) is 0 Å². The largest absolute Gasteiger partial charge is 0.481 e. The number of carbonyl (C=O) groups excluding carboxylic acids is 1. The number of hydrogen-bond acceptors (Lipinski definition) is 7. The molecule has 0 spiro atoms. The van der Waals surface area contributed by atoms with Crippen LogP contribution in [-0.2, 0) is 10.0 Å². The van der Waals surface area contributed by atoms with Crippen molar-refractivity contribution in [3.8, 4) is 5.88 Å². The highest BCUT2D eigenvalue weighted by atomic mass is 32.2. The molecule has 1 aromatic heterocycles. The Morgan fingerprint density at radius 1 is 1.38 bits per heavy atom. The van der Waals surface area contributed by atoms with Crippen LogP contribution in [-0.4, -0.2) is 49.4 Å². The molecule has 1 amide bonds. The molecule has 0 bridgehead atoms. The lowest BCUT2D eigenvalue weighted by Crippen LogP contribution is -2.43. The van der Waals surface area contributed by atoms with Crippen molar-refractivity contribution < 1.29 is 27.4 Å². The highest BCUT2D eigenvalue weighted by molar-refractivity contribution is 7.89. The quantitative estimate of drug-likeness (QED) is 0.687. The number of amides is 1. The molecule has 0 radical (unpaired) electrons. The molecule has 11 heteroatoms. The van der Waals surface area contributed by atoms with Gasteiger partial charge in [0.2, 0.25) is 21.9 Å². The van der Waals surface area contributed by atoms with Crippen molar-refractivity contribution in [2.75, 3.05) is 18.7 Å². The van der Waals surface area contributed by atoms with Crippen LogP contribution in [0.4, 0.5) is 10.3 Å². The molecular weight excluding hydrogens is 367 g/mol. The molecule has 1 unspecified atom stereocenters. The molecule has 0 saturated carbocycles. The molecule has 0 aliphatic heterocycles. The number of aryl methyl sites for hydroxylation is 1. The Labute approximate surface area is 149 Å². The topological polar surface area (TPSA) is 136 Å². The van der Waals surface area contributed by atoms with E-state index in [-0.39, 0.29) is 17.4 Å². The predicted octanol–water partition coefficient (Wildman–Crippen LogP) is 0.376. The van der Waals surface area contributed by atoms with Gasteiger partial charge in [0, 0.05) is 11.8 Å². The number of nitrogens with zero attached hydrogens (tertiary/aromatic N) is 3. The molecule has 2 aromatic rings. The number of benzene rings is 1. The number of methoxy groups -OCH3 is 1. The maximum absolute atomic E-state index is 13.1. The maximum Gasteiger partial charge on any atom is 0.264 e. The minimum Gasteiger partial charge on any atom is -0.481 e. The van der Waals surface area contributed by atoms with Gasteiger partial charge in [-0.25, -0.2) is 27.8 Å². The van der Waals surface area contributed by atoms with Crippen LogP contribution in [0, 0.1) is 6.92 Å². The van der Waals surface area contributed by atoms with E-state index in [9.17, 15) is 22.7 Å². The van der Waals surface area contributed by atoms with E-state index in [0.29, 0.717) is 10.6 Å². The Kier molecular flexibility index (Phi) is 5.85. The summed E-state index contributed by atoms with van der Waals surface area (Å²) >= 11 is 0. The van der Waals surface area contributed by atoms with E-state index in [0.717, 1.165) is 6.07 Å². The Morgan fingerprint density at radius 3 is 2.62 bits per heavy atom. The smallest absolute Gasteiger partial charge is 0.264 e. The van der Waals surface area contributed by atoms with Crippen molar-refractivity contribution in [2.24, 2.45) is 5.14 Å². The first-order chi connectivity index (χ1) is 12.2. The zero-order valence-electron chi connectivity index (χ0n) is 14.0. The minimum absolute atomic E-state index is 0.0797. The summed E-state index contributed by atoms with van der Waals surface area (Å²) in [5, 5.41) is 15.1. The first kappa shape index (κ1) is 19.7. The Morgan fingerprint density at radius 2 is 2.04 bits per heavy atom. The molecule has 26 heavy (non-hydrogen) atoms. The van der Waals surface area contributed by atoms with Gasteiger partial charge in [-0.3, -0.25) is 4.79 Å². The van der Waals surface area contributed by atoms with Gasteiger partial charge in [0.1, 0.15) is 6.67 Å². The van der Waals surface area contributed by atoms with E-state index in [1.165, 1.54) is 31.4 Å². The van der Waals surface area contributed by atoms with Crippen LogP contribution in [0.1, 0.15) is 16.1 Å². The molecule has 0 aliphatic rings. The van der Waals surface area contributed by atoms with E-state index in [1.807, 2.05) is 0 Å². The van der Waals surface area contributed by atoms with Gasteiger partial charge in [0.15, 0.2) is 6.23 Å². The van der Waals surface area contributed by atoms with E-state index in [2.05, 4.69) is 9.97 Å². The first-order valence-corrected chi connectivity index (χ1v) is 8.82. The van der Waals surface area contributed by atoms with Crippen LogP contribution in [0.3, 0.4) is 0 Å². The molecule has 0 fully saturated rings. The lowest BCUT2D eigenvalue weighted by atomic mass is 10.2. The average molecular weight is 384 g/mol. The fourth-order valence-electron chi connectivity index (χ4n) is 2.19. The number of carbonyl (C=O) groups is 1. The number of ether oxygens (including phenoxy) is 1. The lowest BCUT2D eigenvalue weighted by Gasteiger charge is -2.25. The van der Waals surface area contributed by atoms with Crippen LogP contribution < -0.4 is 14.8 Å². The van der Waals surface area contributed by atoms with Gasteiger partial charge in [0.05, 0.1) is 17.6 Å². The number of nitrogens with two attached hydrogens (primary N) is 1. The number of rotatable bonds is 6. The van der Waals surface area contributed by atoms with Crippen LogP contribution >= 0.6 is 0 Å². The highest BCUT2D eigenvalue weighted by Crippen LogP contribution is 2.22. The van der Waals surface area contributed by atoms with Gasteiger partial charge in [-0.2, -0.15) is 4.98 Å². The minimum atomic E-state index is -4.24. The lowest BCUT2D eigenvalue weighted by molar-refractivity contribution is 0.0832. The van der Waals surface area contributed by atoms with E-state index < -0.39 is 33.7 Å². The summed E-state index contributed by atoms with van der Waals surface area (Å²) in [6.07, 6.45) is -1.94. The number of halogens is 1. The number of alkyl halides is 1. The number of hydrogen-bond donors (Lipinski definition) is 2. The molecule has 140 valence electrons. The molecular formula is C15H17FN4O5S. The molecule has 1 heterocycles. The maximum atomic E-state index is 13.1. The Balaban J connectivity index is 2.63. The third-order valence-electron chi connectivity index (χ3n) is 3.32. The van der Waals surface area contributed by atoms with E-state index >= 15 is 0 Å². The number of sulfonamides is 1. The first-order valence-electron chi connectivity index (χ1n) is 7.28. The molecule has 2 rings (SSSR count). The summed E-state index contributed by atoms with van der Waals surface area (Å²) < 4.78 is 41.6.